The van der Waals surface area contributed by atoms with Crippen LogP contribution in [-0.4, -0.2) is 46.5 Å². The minimum absolute atomic E-state index is 0.217. The Balaban J connectivity index is 1.72. The zero-order chi connectivity index (χ0) is 21.7. The number of benzene rings is 1. The van der Waals surface area contributed by atoms with Gasteiger partial charge in [-0.05, 0) is 61.0 Å². The van der Waals surface area contributed by atoms with Crippen LogP contribution in [0, 0.1) is 0 Å². The minimum Gasteiger partial charge on any atom is -0.457 e. The minimum atomic E-state index is -0.476. The van der Waals surface area contributed by atoms with Crippen LogP contribution < -0.4 is 0 Å². The van der Waals surface area contributed by atoms with Gasteiger partial charge in [0.1, 0.15) is 18.1 Å². The van der Waals surface area contributed by atoms with Crippen molar-refractivity contribution in [2.24, 2.45) is 0 Å². The van der Waals surface area contributed by atoms with Gasteiger partial charge in [0.25, 0.3) is 11.1 Å². The summed E-state index contributed by atoms with van der Waals surface area (Å²) in [5.74, 6) is 0.387. The summed E-state index contributed by atoms with van der Waals surface area (Å²) >= 11 is 6.72. The quantitative estimate of drug-likeness (QED) is 0.515. The molecule has 3 amide bonds. The SMILES string of the molecule is CCCN(CCC)C(=O)CN1C(=O)S/C(=C\c2ccc(-c3ccc(Cl)cc3)o2)C1=O. The van der Waals surface area contributed by atoms with Crippen LogP contribution in [0.15, 0.2) is 45.7 Å². The first-order valence-electron chi connectivity index (χ1n) is 9.81. The first kappa shape index (κ1) is 22.2. The largest absolute Gasteiger partial charge is 0.457 e. The summed E-state index contributed by atoms with van der Waals surface area (Å²) in [7, 11) is 0. The van der Waals surface area contributed by atoms with E-state index >= 15 is 0 Å². The van der Waals surface area contributed by atoms with Crippen LogP contribution in [0.3, 0.4) is 0 Å². The maximum absolute atomic E-state index is 12.7. The van der Waals surface area contributed by atoms with E-state index < -0.39 is 11.1 Å². The van der Waals surface area contributed by atoms with E-state index in [1.54, 1.807) is 29.2 Å². The van der Waals surface area contributed by atoms with Crippen molar-refractivity contribution >= 4 is 46.5 Å². The number of amides is 3. The molecule has 6 nitrogen and oxygen atoms in total. The van der Waals surface area contributed by atoms with Gasteiger partial charge in [-0.2, -0.15) is 0 Å². The standard InChI is InChI=1S/C22H23ClN2O4S/c1-3-11-24(12-4-2)20(26)14-25-21(27)19(30-22(25)28)13-17-9-10-18(29-17)15-5-7-16(23)8-6-15/h5-10,13H,3-4,11-12,14H2,1-2H3/b19-13-. The highest BCUT2D eigenvalue weighted by Gasteiger charge is 2.37. The molecular weight excluding hydrogens is 424 g/mol. The molecule has 1 aromatic carbocycles. The second-order valence-electron chi connectivity index (χ2n) is 6.86. The second-order valence-corrected chi connectivity index (χ2v) is 8.29. The van der Waals surface area contributed by atoms with E-state index in [0.29, 0.717) is 29.6 Å². The topological polar surface area (TPSA) is 70.8 Å². The van der Waals surface area contributed by atoms with Crippen molar-refractivity contribution in [3.05, 3.63) is 52.1 Å². The summed E-state index contributed by atoms with van der Waals surface area (Å²) < 4.78 is 5.78. The van der Waals surface area contributed by atoms with Crippen LogP contribution in [0.25, 0.3) is 17.4 Å². The molecule has 0 aliphatic carbocycles. The Morgan fingerprint density at radius 2 is 1.77 bits per heavy atom. The molecule has 1 aliphatic heterocycles. The fourth-order valence-corrected chi connectivity index (χ4v) is 4.05. The summed E-state index contributed by atoms with van der Waals surface area (Å²) in [5.41, 5.74) is 0.852. The van der Waals surface area contributed by atoms with Gasteiger partial charge in [-0.25, -0.2) is 0 Å². The van der Waals surface area contributed by atoms with Gasteiger partial charge in [0.05, 0.1) is 4.91 Å². The van der Waals surface area contributed by atoms with Gasteiger partial charge in [-0.15, -0.1) is 0 Å². The van der Waals surface area contributed by atoms with Gasteiger partial charge >= 0.3 is 0 Å². The van der Waals surface area contributed by atoms with E-state index in [9.17, 15) is 14.4 Å². The lowest BCUT2D eigenvalue weighted by Crippen LogP contribution is -2.42. The van der Waals surface area contributed by atoms with E-state index in [1.807, 2.05) is 26.0 Å². The molecule has 0 N–H and O–H groups in total. The van der Waals surface area contributed by atoms with Crippen LogP contribution in [-0.2, 0) is 9.59 Å². The number of halogens is 1. The highest BCUT2D eigenvalue weighted by atomic mass is 35.5. The van der Waals surface area contributed by atoms with E-state index in [0.717, 1.165) is 35.1 Å². The van der Waals surface area contributed by atoms with Crippen LogP contribution in [0.5, 0.6) is 0 Å². The number of carbonyl (C=O) groups is 3. The Hall–Kier alpha value is -2.51. The molecule has 1 aliphatic rings. The van der Waals surface area contributed by atoms with E-state index in [4.69, 9.17) is 16.0 Å². The molecule has 0 atom stereocenters. The lowest BCUT2D eigenvalue weighted by atomic mass is 10.2. The average molecular weight is 447 g/mol. The van der Waals surface area contributed by atoms with Crippen molar-refractivity contribution < 1.29 is 18.8 Å². The number of nitrogens with zero attached hydrogens (tertiary/aromatic N) is 2. The average Bonchev–Trinajstić information content (AvgIpc) is 3.29. The zero-order valence-corrected chi connectivity index (χ0v) is 18.5. The predicted molar refractivity (Wildman–Crippen MR) is 119 cm³/mol. The fourth-order valence-electron chi connectivity index (χ4n) is 3.10. The first-order valence-corrected chi connectivity index (χ1v) is 11.0. The van der Waals surface area contributed by atoms with Crippen LogP contribution >= 0.6 is 23.4 Å². The van der Waals surface area contributed by atoms with Gasteiger partial charge in [0.2, 0.25) is 5.91 Å². The number of hydrogen-bond acceptors (Lipinski definition) is 5. The molecule has 0 saturated carbocycles. The highest BCUT2D eigenvalue weighted by Crippen LogP contribution is 2.33. The molecule has 158 valence electrons. The molecule has 30 heavy (non-hydrogen) atoms. The Morgan fingerprint density at radius 1 is 1.10 bits per heavy atom. The molecule has 1 fully saturated rings. The molecule has 1 saturated heterocycles. The lowest BCUT2D eigenvalue weighted by molar-refractivity contribution is -0.135. The normalized spacial score (nSPS) is 15.3. The van der Waals surface area contributed by atoms with E-state index in [2.05, 4.69) is 0 Å². The van der Waals surface area contributed by atoms with Crippen molar-refractivity contribution in [1.29, 1.82) is 0 Å². The second kappa shape index (κ2) is 10.00. The van der Waals surface area contributed by atoms with Crippen LogP contribution in [0.1, 0.15) is 32.4 Å². The molecule has 0 bridgehead atoms. The molecule has 2 aromatic rings. The third-order valence-corrected chi connectivity index (χ3v) is 5.69. The van der Waals surface area contributed by atoms with Crippen molar-refractivity contribution in [3.63, 3.8) is 0 Å². The molecule has 3 rings (SSSR count). The molecule has 1 aromatic heterocycles. The predicted octanol–water partition coefficient (Wildman–Crippen LogP) is 5.28. The summed E-state index contributed by atoms with van der Waals surface area (Å²) in [6, 6.07) is 10.7. The maximum Gasteiger partial charge on any atom is 0.294 e. The number of imide groups is 1. The lowest BCUT2D eigenvalue weighted by Gasteiger charge is -2.23. The van der Waals surface area contributed by atoms with Crippen LogP contribution in [0.2, 0.25) is 5.02 Å². The van der Waals surface area contributed by atoms with Gasteiger partial charge in [-0.1, -0.05) is 25.4 Å². The van der Waals surface area contributed by atoms with Gasteiger partial charge < -0.3 is 9.32 Å². The fraction of sp³-hybridized carbons (Fsp3) is 0.318. The molecule has 0 radical (unpaired) electrons. The zero-order valence-electron chi connectivity index (χ0n) is 16.9. The summed E-state index contributed by atoms with van der Waals surface area (Å²) in [5, 5.41) is 0.183. The molecular formula is C22H23ClN2O4S. The van der Waals surface area contributed by atoms with E-state index in [-0.39, 0.29) is 17.4 Å². The summed E-state index contributed by atoms with van der Waals surface area (Å²) in [6.45, 7) is 4.95. The molecule has 2 heterocycles. The Bertz CT molecular complexity index is 962. The summed E-state index contributed by atoms with van der Waals surface area (Å²) in [6.07, 6.45) is 3.18. The Morgan fingerprint density at radius 3 is 2.40 bits per heavy atom. The number of furan rings is 1. The monoisotopic (exact) mass is 446 g/mol. The Kier molecular flexibility index (Phi) is 7.39. The molecule has 0 spiro atoms. The number of rotatable bonds is 8. The van der Waals surface area contributed by atoms with E-state index in [1.165, 1.54) is 6.08 Å². The molecule has 8 heteroatoms. The third kappa shape index (κ3) is 5.15. The molecule has 0 unspecified atom stereocenters. The van der Waals surface area contributed by atoms with Crippen LogP contribution in [0.4, 0.5) is 4.79 Å². The van der Waals surface area contributed by atoms with Crippen molar-refractivity contribution in [1.82, 2.24) is 9.80 Å². The van der Waals surface area contributed by atoms with Crippen molar-refractivity contribution in [3.8, 4) is 11.3 Å². The van der Waals surface area contributed by atoms with Gasteiger partial charge in [0, 0.05) is 29.8 Å². The smallest absolute Gasteiger partial charge is 0.294 e. The summed E-state index contributed by atoms with van der Waals surface area (Å²) in [4.78, 5) is 40.5. The van der Waals surface area contributed by atoms with Gasteiger partial charge in [-0.3, -0.25) is 19.3 Å². The number of thioether (sulfide) groups is 1. The van der Waals surface area contributed by atoms with Crippen molar-refractivity contribution in [2.75, 3.05) is 19.6 Å². The maximum atomic E-state index is 12.7. The number of carbonyl (C=O) groups excluding carboxylic acids is 3. The first-order chi connectivity index (χ1) is 14.4. The highest BCUT2D eigenvalue weighted by molar-refractivity contribution is 8.18. The Labute approximate surface area is 184 Å². The number of hydrogen-bond donors (Lipinski definition) is 0. The van der Waals surface area contributed by atoms with Crippen molar-refractivity contribution in [2.45, 2.75) is 26.7 Å². The third-order valence-electron chi connectivity index (χ3n) is 4.54. The van der Waals surface area contributed by atoms with Gasteiger partial charge in [0.15, 0.2) is 0 Å².